The number of hydrogen-bond donors (Lipinski definition) is 1. The van der Waals surface area contributed by atoms with Crippen LogP contribution in [-0.2, 0) is 6.54 Å². The minimum Gasteiger partial charge on any atom is -0.311 e. The molecule has 2 fully saturated rings. The summed E-state index contributed by atoms with van der Waals surface area (Å²) >= 11 is 0. The highest BCUT2D eigenvalue weighted by atomic mass is 16.6. The second kappa shape index (κ2) is 6.12. The Kier molecular flexibility index (Phi) is 4.22. The smallest absolute Gasteiger partial charge is 0.269 e. The van der Waals surface area contributed by atoms with Crippen molar-refractivity contribution in [2.45, 2.75) is 57.3 Å². The molecule has 1 aromatic rings. The highest BCUT2D eigenvalue weighted by molar-refractivity contribution is 5.34. The van der Waals surface area contributed by atoms with Crippen molar-refractivity contribution in [2.75, 3.05) is 6.54 Å². The number of nitro groups is 1. The van der Waals surface area contributed by atoms with Crippen LogP contribution in [0.4, 0.5) is 5.69 Å². The van der Waals surface area contributed by atoms with E-state index >= 15 is 0 Å². The molecular weight excluding hydrogens is 266 g/mol. The highest BCUT2D eigenvalue weighted by Gasteiger charge is 2.35. The molecule has 0 amide bonds. The van der Waals surface area contributed by atoms with E-state index in [1.807, 2.05) is 6.07 Å². The van der Waals surface area contributed by atoms with Crippen molar-refractivity contribution in [1.82, 2.24) is 10.2 Å². The van der Waals surface area contributed by atoms with E-state index < -0.39 is 0 Å². The fourth-order valence-electron chi connectivity index (χ4n) is 3.83. The largest absolute Gasteiger partial charge is 0.311 e. The lowest BCUT2D eigenvalue weighted by molar-refractivity contribution is -0.384. The molecule has 2 unspecified atom stereocenters. The average molecular weight is 289 g/mol. The Hall–Kier alpha value is -1.46. The molecule has 21 heavy (non-hydrogen) atoms. The zero-order chi connectivity index (χ0) is 14.8. The third-order valence-corrected chi connectivity index (χ3v) is 4.88. The van der Waals surface area contributed by atoms with Gasteiger partial charge in [0.2, 0.25) is 0 Å². The van der Waals surface area contributed by atoms with Gasteiger partial charge in [-0.1, -0.05) is 19.1 Å². The van der Waals surface area contributed by atoms with Crippen LogP contribution in [0.1, 0.15) is 38.2 Å². The van der Waals surface area contributed by atoms with Crippen LogP contribution in [0, 0.1) is 10.1 Å². The highest BCUT2D eigenvalue weighted by Crippen LogP contribution is 2.30. The van der Waals surface area contributed by atoms with E-state index in [1.54, 1.807) is 18.2 Å². The molecule has 0 spiro atoms. The fourth-order valence-corrected chi connectivity index (χ4v) is 3.83. The van der Waals surface area contributed by atoms with Crippen LogP contribution in [0.2, 0.25) is 0 Å². The lowest BCUT2D eigenvalue weighted by Crippen LogP contribution is -2.47. The molecule has 1 N–H and O–H groups in total. The summed E-state index contributed by atoms with van der Waals surface area (Å²) in [7, 11) is 0. The zero-order valence-electron chi connectivity index (χ0n) is 12.5. The zero-order valence-corrected chi connectivity index (χ0v) is 12.5. The molecule has 2 saturated heterocycles. The van der Waals surface area contributed by atoms with Crippen LogP contribution in [0.25, 0.3) is 0 Å². The number of rotatable bonds is 5. The van der Waals surface area contributed by atoms with Gasteiger partial charge in [0.1, 0.15) is 0 Å². The van der Waals surface area contributed by atoms with Crippen LogP contribution in [-0.4, -0.2) is 34.5 Å². The molecule has 0 aromatic heterocycles. The summed E-state index contributed by atoms with van der Waals surface area (Å²) in [5.74, 6) is 0. The van der Waals surface area contributed by atoms with Crippen LogP contribution < -0.4 is 5.32 Å². The van der Waals surface area contributed by atoms with Gasteiger partial charge in [0.05, 0.1) is 4.92 Å². The summed E-state index contributed by atoms with van der Waals surface area (Å²) in [5, 5.41) is 14.6. The van der Waals surface area contributed by atoms with Crippen LogP contribution in [0.15, 0.2) is 24.3 Å². The maximum atomic E-state index is 10.9. The van der Waals surface area contributed by atoms with Gasteiger partial charge in [0.15, 0.2) is 0 Å². The Morgan fingerprint density at radius 3 is 2.67 bits per heavy atom. The van der Waals surface area contributed by atoms with Crippen molar-refractivity contribution < 1.29 is 4.92 Å². The van der Waals surface area contributed by atoms with Gasteiger partial charge in [-0.25, -0.2) is 0 Å². The van der Waals surface area contributed by atoms with Crippen LogP contribution in [0.5, 0.6) is 0 Å². The van der Waals surface area contributed by atoms with Gasteiger partial charge >= 0.3 is 0 Å². The Labute approximate surface area is 125 Å². The third kappa shape index (κ3) is 3.24. The van der Waals surface area contributed by atoms with E-state index in [1.165, 1.54) is 25.7 Å². The topological polar surface area (TPSA) is 58.4 Å². The Morgan fingerprint density at radius 1 is 1.33 bits per heavy atom. The number of fused-ring (bicyclic) bond motifs is 2. The second-order valence-corrected chi connectivity index (χ2v) is 6.25. The molecule has 5 heteroatoms. The van der Waals surface area contributed by atoms with Gasteiger partial charge in [-0.3, -0.25) is 15.0 Å². The van der Waals surface area contributed by atoms with E-state index in [-0.39, 0.29) is 10.6 Å². The van der Waals surface area contributed by atoms with E-state index in [2.05, 4.69) is 17.1 Å². The molecular formula is C16H23N3O2. The number of nitrogens with one attached hydrogen (secondary N) is 1. The molecule has 0 saturated carbocycles. The maximum Gasteiger partial charge on any atom is 0.269 e. The molecule has 114 valence electrons. The standard InChI is InChI=1S/C16H23N3O2/c1-2-18(16-9-13-6-7-14(10-16)17-13)11-12-4-3-5-15(8-12)19(20)21/h3-5,8,13-14,16-17H,2,6-7,9-11H2,1H3. The van der Waals surface area contributed by atoms with Crippen molar-refractivity contribution in [3.63, 3.8) is 0 Å². The molecule has 1 aromatic carbocycles. The summed E-state index contributed by atoms with van der Waals surface area (Å²) in [4.78, 5) is 13.1. The van der Waals surface area contributed by atoms with Crippen molar-refractivity contribution in [2.24, 2.45) is 0 Å². The maximum absolute atomic E-state index is 10.9. The summed E-state index contributed by atoms with van der Waals surface area (Å²) in [6.45, 7) is 3.98. The van der Waals surface area contributed by atoms with Crippen molar-refractivity contribution in [3.8, 4) is 0 Å². The number of hydrogen-bond acceptors (Lipinski definition) is 4. The lowest BCUT2D eigenvalue weighted by Gasteiger charge is -2.37. The molecule has 2 bridgehead atoms. The van der Waals surface area contributed by atoms with E-state index in [9.17, 15) is 10.1 Å². The van der Waals surface area contributed by atoms with E-state index in [0.717, 1.165) is 18.7 Å². The van der Waals surface area contributed by atoms with Gasteiger partial charge < -0.3 is 5.32 Å². The minimum atomic E-state index is -0.315. The molecule has 5 nitrogen and oxygen atoms in total. The van der Waals surface area contributed by atoms with Crippen molar-refractivity contribution in [3.05, 3.63) is 39.9 Å². The van der Waals surface area contributed by atoms with Crippen LogP contribution in [0.3, 0.4) is 0 Å². The summed E-state index contributed by atoms with van der Waals surface area (Å²) in [6, 6.07) is 9.00. The first kappa shape index (κ1) is 14.5. The van der Waals surface area contributed by atoms with Crippen molar-refractivity contribution in [1.29, 1.82) is 0 Å². The summed E-state index contributed by atoms with van der Waals surface area (Å²) in [6.07, 6.45) is 5.02. The minimum absolute atomic E-state index is 0.189. The first-order valence-corrected chi connectivity index (χ1v) is 7.89. The molecule has 2 atom stereocenters. The molecule has 3 rings (SSSR count). The quantitative estimate of drug-likeness (QED) is 0.669. The molecule has 2 aliphatic rings. The van der Waals surface area contributed by atoms with Crippen molar-refractivity contribution >= 4 is 5.69 Å². The molecule has 0 radical (unpaired) electrons. The predicted molar refractivity (Wildman–Crippen MR) is 82.1 cm³/mol. The Morgan fingerprint density at radius 2 is 2.05 bits per heavy atom. The number of non-ortho nitro benzene ring substituents is 1. The fraction of sp³-hybridized carbons (Fsp3) is 0.625. The summed E-state index contributed by atoms with van der Waals surface area (Å²) in [5.41, 5.74) is 1.23. The Bertz CT molecular complexity index is 508. The molecule has 2 aliphatic heterocycles. The normalized spacial score (nSPS) is 28.0. The molecule has 0 aliphatic carbocycles. The second-order valence-electron chi connectivity index (χ2n) is 6.25. The average Bonchev–Trinajstić information content (AvgIpc) is 2.83. The third-order valence-electron chi connectivity index (χ3n) is 4.88. The number of benzene rings is 1. The van der Waals surface area contributed by atoms with E-state index in [0.29, 0.717) is 18.1 Å². The Balaban J connectivity index is 1.69. The van der Waals surface area contributed by atoms with Gasteiger partial charge in [-0.2, -0.15) is 0 Å². The number of nitro benzene ring substituents is 1. The first-order chi connectivity index (χ1) is 10.2. The lowest BCUT2D eigenvalue weighted by atomic mass is 9.97. The number of nitrogens with zero attached hydrogens (tertiary/aromatic N) is 2. The predicted octanol–water partition coefficient (Wildman–Crippen LogP) is 2.70. The number of piperidine rings is 1. The van der Waals surface area contributed by atoms with Gasteiger partial charge in [-0.05, 0) is 37.8 Å². The van der Waals surface area contributed by atoms with E-state index in [4.69, 9.17) is 0 Å². The van der Waals surface area contributed by atoms with Gasteiger partial charge in [0, 0.05) is 36.8 Å². The van der Waals surface area contributed by atoms with Crippen LogP contribution >= 0.6 is 0 Å². The summed E-state index contributed by atoms with van der Waals surface area (Å²) < 4.78 is 0. The molecule has 2 heterocycles. The first-order valence-electron chi connectivity index (χ1n) is 7.89. The SMILES string of the molecule is CCN(Cc1cccc([N+](=O)[O-])c1)C1CC2CCC(C1)N2. The van der Waals surface area contributed by atoms with Gasteiger partial charge in [-0.15, -0.1) is 0 Å². The monoisotopic (exact) mass is 289 g/mol. The van der Waals surface area contributed by atoms with Gasteiger partial charge in [0.25, 0.3) is 5.69 Å².